The van der Waals surface area contributed by atoms with Crippen LogP contribution in [0.2, 0.25) is 0 Å². The maximum atomic E-state index is 12.3. The molecular weight excluding hydrogens is 336 g/mol. The van der Waals surface area contributed by atoms with Crippen molar-refractivity contribution in [2.75, 3.05) is 20.3 Å². The fourth-order valence-corrected chi connectivity index (χ4v) is 2.28. The van der Waals surface area contributed by atoms with Gasteiger partial charge < -0.3 is 19.3 Å². The lowest BCUT2D eigenvalue weighted by Gasteiger charge is -2.14. The Kier molecular flexibility index (Phi) is 7.64. The molecule has 2 rings (SSSR count). The fraction of sp³-hybridized carbons (Fsp3) is 0.300. The van der Waals surface area contributed by atoms with E-state index in [1.807, 2.05) is 24.3 Å². The second kappa shape index (κ2) is 10.2. The molecule has 0 saturated carbocycles. The van der Waals surface area contributed by atoms with Gasteiger partial charge >= 0.3 is 5.97 Å². The lowest BCUT2D eigenvalue weighted by atomic mass is 10.0. The second-order valence-corrected chi connectivity index (χ2v) is 5.60. The summed E-state index contributed by atoms with van der Waals surface area (Å²) in [6.45, 7) is 0.972. The zero-order valence-electron chi connectivity index (χ0n) is 14.6. The number of aryl methyl sites for hydroxylation is 1. The van der Waals surface area contributed by atoms with Gasteiger partial charge in [-0.1, -0.05) is 30.3 Å². The highest BCUT2D eigenvalue weighted by atomic mass is 16.5. The predicted octanol–water partition coefficient (Wildman–Crippen LogP) is 2.75. The Bertz CT molecular complexity index is 696. The number of ether oxygens (including phenoxy) is 3. The van der Waals surface area contributed by atoms with Gasteiger partial charge in [-0.05, 0) is 36.2 Å². The van der Waals surface area contributed by atoms with E-state index in [4.69, 9.17) is 14.2 Å². The van der Waals surface area contributed by atoms with Crippen molar-refractivity contribution in [2.45, 2.75) is 18.9 Å². The van der Waals surface area contributed by atoms with Gasteiger partial charge in [-0.3, -0.25) is 4.79 Å². The molecule has 0 amide bonds. The summed E-state index contributed by atoms with van der Waals surface area (Å²) < 4.78 is 15.7. The first-order chi connectivity index (χ1) is 12.6. The van der Waals surface area contributed by atoms with Crippen LogP contribution in [0.25, 0.3) is 0 Å². The molecule has 0 spiro atoms. The van der Waals surface area contributed by atoms with E-state index in [0.29, 0.717) is 31.1 Å². The van der Waals surface area contributed by atoms with Crippen molar-refractivity contribution >= 4 is 11.8 Å². The Morgan fingerprint density at radius 2 is 1.65 bits per heavy atom. The third kappa shape index (κ3) is 6.22. The van der Waals surface area contributed by atoms with Crippen LogP contribution in [0.15, 0.2) is 54.6 Å². The monoisotopic (exact) mass is 358 g/mol. The fourth-order valence-electron chi connectivity index (χ4n) is 2.28. The van der Waals surface area contributed by atoms with E-state index in [-0.39, 0.29) is 6.42 Å². The number of para-hydroxylation sites is 1. The van der Waals surface area contributed by atoms with Gasteiger partial charge in [0.2, 0.25) is 0 Å². The maximum absolute atomic E-state index is 12.3. The number of hydrogen-bond donors (Lipinski definition) is 1. The molecule has 138 valence electrons. The molecule has 0 aliphatic carbocycles. The van der Waals surface area contributed by atoms with Crippen LogP contribution in [0.1, 0.15) is 12.0 Å². The largest absolute Gasteiger partial charge is 0.491 e. The molecule has 2 aromatic carbocycles. The quantitative estimate of drug-likeness (QED) is 0.491. The minimum absolute atomic E-state index is 0.0771. The molecule has 0 aliphatic heterocycles. The number of aliphatic carboxylic acids is 1. The van der Waals surface area contributed by atoms with Crippen molar-refractivity contribution < 1.29 is 28.9 Å². The maximum Gasteiger partial charge on any atom is 0.352 e. The zero-order chi connectivity index (χ0) is 18.8. The number of carbonyl (C=O) groups is 2. The summed E-state index contributed by atoms with van der Waals surface area (Å²) in [6.07, 6.45) is -0.999. The minimum Gasteiger partial charge on any atom is -0.491 e. The summed E-state index contributed by atoms with van der Waals surface area (Å²) in [5, 5.41) is 9.27. The van der Waals surface area contributed by atoms with Crippen LogP contribution in [0.3, 0.4) is 0 Å². The predicted molar refractivity (Wildman–Crippen MR) is 95.6 cm³/mol. The molecular formula is C20H22O6. The number of carbonyl (C=O) groups excluding carboxylic acids is 1. The van der Waals surface area contributed by atoms with Gasteiger partial charge in [0.05, 0.1) is 6.61 Å². The smallest absolute Gasteiger partial charge is 0.352 e. The van der Waals surface area contributed by atoms with Crippen LogP contribution in [-0.2, 0) is 20.7 Å². The lowest BCUT2D eigenvalue weighted by Crippen LogP contribution is -2.35. The molecule has 1 N–H and O–H groups in total. The van der Waals surface area contributed by atoms with E-state index in [1.54, 1.807) is 37.4 Å². The highest BCUT2D eigenvalue weighted by Gasteiger charge is 2.27. The molecule has 1 unspecified atom stereocenters. The minimum atomic E-state index is -1.51. The molecule has 6 nitrogen and oxygen atoms in total. The van der Waals surface area contributed by atoms with Gasteiger partial charge in [0.25, 0.3) is 6.10 Å². The Balaban J connectivity index is 1.88. The van der Waals surface area contributed by atoms with E-state index in [1.165, 1.54) is 0 Å². The van der Waals surface area contributed by atoms with Crippen LogP contribution in [0, 0.1) is 0 Å². The van der Waals surface area contributed by atoms with E-state index in [2.05, 4.69) is 0 Å². The molecule has 2 aromatic rings. The number of methoxy groups -OCH3 is 1. The summed E-state index contributed by atoms with van der Waals surface area (Å²) in [5.41, 5.74) is 0.918. The van der Waals surface area contributed by atoms with Gasteiger partial charge in [-0.15, -0.1) is 0 Å². The first-order valence-electron chi connectivity index (χ1n) is 8.28. The van der Waals surface area contributed by atoms with E-state index < -0.39 is 17.9 Å². The molecule has 6 heteroatoms. The van der Waals surface area contributed by atoms with E-state index in [0.717, 1.165) is 5.56 Å². The summed E-state index contributed by atoms with van der Waals surface area (Å²) >= 11 is 0. The summed E-state index contributed by atoms with van der Waals surface area (Å²) in [6, 6.07) is 15.8. The molecule has 0 heterocycles. The van der Waals surface area contributed by atoms with Crippen molar-refractivity contribution in [3.63, 3.8) is 0 Å². The molecule has 0 saturated heterocycles. The summed E-state index contributed by atoms with van der Waals surface area (Å²) in [5.74, 6) is -0.693. The molecule has 26 heavy (non-hydrogen) atoms. The number of carboxylic acids is 1. The highest BCUT2D eigenvalue weighted by Crippen LogP contribution is 2.16. The molecule has 0 fully saturated rings. The van der Waals surface area contributed by atoms with E-state index >= 15 is 0 Å². The van der Waals surface area contributed by atoms with Crippen LogP contribution in [0.5, 0.6) is 11.5 Å². The Hall–Kier alpha value is -2.86. The number of hydrogen-bond acceptors (Lipinski definition) is 5. The third-order valence-electron chi connectivity index (χ3n) is 3.65. The number of rotatable bonds is 11. The van der Waals surface area contributed by atoms with Crippen molar-refractivity contribution in [2.24, 2.45) is 0 Å². The normalized spacial score (nSPS) is 11.6. The first-order valence-corrected chi connectivity index (χ1v) is 8.28. The average Bonchev–Trinajstić information content (AvgIpc) is 2.66. The molecule has 0 radical (unpaired) electrons. The summed E-state index contributed by atoms with van der Waals surface area (Å²) in [4.78, 5) is 23.6. The molecule has 1 atom stereocenters. The van der Waals surface area contributed by atoms with Crippen molar-refractivity contribution in [3.8, 4) is 11.5 Å². The van der Waals surface area contributed by atoms with Gasteiger partial charge in [-0.25, -0.2) is 4.79 Å². The average molecular weight is 358 g/mol. The van der Waals surface area contributed by atoms with Crippen LogP contribution < -0.4 is 9.47 Å². The Morgan fingerprint density at radius 1 is 0.962 bits per heavy atom. The number of ketones is 1. The Morgan fingerprint density at radius 3 is 2.27 bits per heavy atom. The van der Waals surface area contributed by atoms with Gasteiger partial charge in [-0.2, -0.15) is 0 Å². The number of benzene rings is 2. The van der Waals surface area contributed by atoms with Crippen LogP contribution in [0.4, 0.5) is 0 Å². The topological polar surface area (TPSA) is 82.1 Å². The van der Waals surface area contributed by atoms with Gasteiger partial charge in [0.15, 0.2) is 5.78 Å². The van der Waals surface area contributed by atoms with Crippen molar-refractivity contribution in [1.29, 1.82) is 0 Å². The SMILES string of the molecule is COCCOc1ccc(CCC(=O)C(Oc2ccccc2)C(=O)O)cc1. The third-order valence-corrected chi connectivity index (χ3v) is 3.65. The summed E-state index contributed by atoms with van der Waals surface area (Å²) in [7, 11) is 1.61. The van der Waals surface area contributed by atoms with Gasteiger partial charge in [0, 0.05) is 13.5 Å². The van der Waals surface area contributed by atoms with Crippen molar-refractivity contribution in [3.05, 3.63) is 60.2 Å². The number of Topliss-reactive ketones (excluding diaryl/α,β-unsaturated/α-hetero) is 1. The lowest BCUT2D eigenvalue weighted by molar-refractivity contribution is -0.150. The molecule has 0 aromatic heterocycles. The van der Waals surface area contributed by atoms with E-state index in [9.17, 15) is 14.7 Å². The zero-order valence-corrected chi connectivity index (χ0v) is 14.6. The van der Waals surface area contributed by atoms with Crippen LogP contribution >= 0.6 is 0 Å². The van der Waals surface area contributed by atoms with Crippen molar-refractivity contribution in [1.82, 2.24) is 0 Å². The standard InChI is InChI=1S/C20H22O6/c1-24-13-14-25-16-10-7-15(8-11-16)9-12-18(21)19(20(22)23)26-17-5-3-2-4-6-17/h2-8,10-11,19H,9,12-14H2,1H3,(H,22,23). The first kappa shape index (κ1) is 19.5. The molecule has 0 aliphatic rings. The number of carboxylic acid groups (broad SMARTS) is 1. The Labute approximate surface area is 152 Å². The second-order valence-electron chi connectivity index (χ2n) is 5.60. The van der Waals surface area contributed by atoms with Gasteiger partial charge in [0.1, 0.15) is 18.1 Å². The molecule has 0 bridgehead atoms. The van der Waals surface area contributed by atoms with Crippen LogP contribution in [-0.4, -0.2) is 43.3 Å². The highest BCUT2D eigenvalue weighted by molar-refractivity contribution is 6.01.